The summed E-state index contributed by atoms with van der Waals surface area (Å²) >= 11 is 0. The van der Waals surface area contributed by atoms with E-state index in [2.05, 4.69) is 15.3 Å². The molecule has 1 aliphatic carbocycles. The average molecular weight is 265 g/mol. The number of hydrogen-bond acceptors (Lipinski definition) is 5. The van der Waals surface area contributed by atoms with Gasteiger partial charge in [-0.15, -0.1) is 0 Å². The molecule has 1 saturated carbocycles. The Balaban J connectivity index is 2.29. The normalized spacial score (nSPS) is 17.8. The number of hydrogen-bond donors (Lipinski definition) is 2. The smallest absolute Gasteiger partial charge is 0.329 e. The van der Waals surface area contributed by atoms with Crippen LogP contribution in [-0.2, 0) is 4.79 Å². The monoisotopic (exact) mass is 265 g/mol. The van der Waals surface area contributed by atoms with E-state index in [1.807, 2.05) is 6.92 Å². The molecule has 0 saturated heterocycles. The molecule has 0 radical (unpaired) electrons. The number of nitrogens with one attached hydrogen (secondary N) is 1. The quantitative estimate of drug-likeness (QED) is 0.866. The van der Waals surface area contributed by atoms with Crippen molar-refractivity contribution in [1.29, 1.82) is 0 Å². The highest BCUT2D eigenvalue weighted by Gasteiger charge is 2.40. The fourth-order valence-corrected chi connectivity index (χ4v) is 2.54. The molecule has 1 aromatic rings. The summed E-state index contributed by atoms with van der Waals surface area (Å²) in [5.74, 6) is 0.189. The van der Waals surface area contributed by atoms with E-state index >= 15 is 0 Å². The molecule has 0 bridgehead atoms. The predicted molar refractivity (Wildman–Crippen MR) is 70.4 cm³/mol. The Morgan fingerprint density at radius 2 is 2.05 bits per heavy atom. The van der Waals surface area contributed by atoms with Gasteiger partial charge in [0, 0.05) is 0 Å². The van der Waals surface area contributed by atoms with Gasteiger partial charge in [0.2, 0.25) is 5.88 Å². The van der Waals surface area contributed by atoms with Gasteiger partial charge in [0.05, 0.1) is 12.7 Å². The number of rotatable bonds is 4. The van der Waals surface area contributed by atoms with Crippen molar-refractivity contribution >= 4 is 11.8 Å². The van der Waals surface area contributed by atoms with E-state index in [0.29, 0.717) is 24.5 Å². The fraction of sp³-hybridized carbons (Fsp3) is 0.615. The Kier molecular flexibility index (Phi) is 3.87. The molecule has 1 fully saturated rings. The van der Waals surface area contributed by atoms with Crippen molar-refractivity contribution in [1.82, 2.24) is 9.97 Å². The highest BCUT2D eigenvalue weighted by molar-refractivity contribution is 5.83. The Hall–Kier alpha value is -1.85. The standard InChI is InChI=1S/C13H19N3O3/c1-9-10(14-8-15-11(9)19-2)16-13(12(17)18)6-4-3-5-7-13/h8H,3-7H2,1-2H3,(H,17,18)(H,14,15,16). The van der Waals surface area contributed by atoms with E-state index in [1.54, 1.807) is 0 Å². The van der Waals surface area contributed by atoms with Crippen LogP contribution in [0.1, 0.15) is 37.7 Å². The molecule has 2 rings (SSSR count). The number of carboxylic acids is 1. The van der Waals surface area contributed by atoms with Crippen LogP contribution >= 0.6 is 0 Å². The van der Waals surface area contributed by atoms with Crippen molar-refractivity contribution in [2.24, 2.45) is 0 Å². The van der Waals surface area contributed by atoms with Crippen molar-refractivity contribution in [3.63, 3.8) is 0 Å². The van der Waals surface area contributed by atoms with Gasteiger partial charge in [0.15, 0.2) is 0 Å². The zero-order chi connectivity index (χ0) is 13.9. The molecule has 0 amide bonds. The maximum absolute atomic E-state index is 11.6. The highest BCUT2D eigenvalue weighted by atomic mass is 16.5. The molecule has 0 atom stereocenters. The number of aromatic nitrogens is 2. The van der Waals surface area contributed by atoms with Gasteiger partial charge in [-0.05, 0) is 19.8 Å². The van der Waals surface area contributed by atoms with Gasteiger partial charge in [0.25, 0.3) is 0 Å². The number of carbonyl (C=O) groups is 1. The van der Waals surface area contributed by atoms with Crippen LogP contribution in [0.15, 0.2) is 6.33 Å². The van der Waals surface area contributed by atoms with E-state index in [1.165, 1.54) is 13.4 Å². The number of carboxylic acid groups (broad SMARTS) is 1. The molecule has 1 heterocycles. The first-order valence-corrected chi connectivity index (χ1v) is 6.46. The Morgan fingerprint density at radius 3 is 2.63 bits per heavy atom. The summed E-state index contributed by atoms with van der Waals surface area (Å²) in [5.41, 5.74) is -0.182. The van der Waals surface area contributed by atoms with Crippen LogP contribution in [0.2, 0.25) is 0 Å². The minimum atomic E-state index is -0.914. The van der Waals surface area contributed by atoms with Gasteiger partial charge < -0.3 is 15.2 Å². The first-order valence-electron chi connectivity index (χ1n) is 6.46. The lowest BCUT2D eigenvalue weighted by molar-refractivity contribution is -0.143. The molecule has 6 heteroatoms. The Morgan fingerprint density at radius 1 is 1.37 bits per heavy atom. The van der Waals surface area contributed by atoms with Crippen LogP contribution in [0.5, 0.6) is 5.88 Å². The third kappa shape index (κ3) is 2.62. The highest BCUT2D eigenvalue weighted by Crippen LogP contribution is 2.33. The van der Waals surface area contributed by atoms with Crippen LogP contribution in [0.3, 0.4) is 0 Å². The number of nitrogens with zero attached hydrogens (tertiary/aromatic N) is 2. The van der Waals surface area contributed by atoms with Crippen molar-refractivity contribution in [2.45, 2.75) is 44.6 Å². The molecule has 1 aliphatic rings. The summed E-state index contributed by atoms with van der Waals surface area (Å²) in [7, 11) is 1.53. The second-order valence-electron chi connectivity index (χ2n) is 4.93. The summed E-state index contributed by atoms with van der Waals surface area (Å²) in [6, 6.07) is 0. The van der Waals surface area contributed by atoms with Crippen LogP contribution < -0.4 is 10.1 Å². The van der Waals surface area contributed by atoms with E-state index in [4.69, 9.17) is 4.74 Å². The zero-order valence-electron chi connectivity index (χ0n) is 11.3. The second-order valence-corrected chi connectivity index (χ2v) is 4.93. The summed E-state index contributed by atoms with van der Waals surface area (Å²) in [6.45, 7) is 1.82. The molecule has 0 aromatic carbocycles. The van der Waals surface area contributed by atoms with Crippen LogP contribution in [0.4, 0.5) is 5.82 Å². The Bertz CT molecular complexity index is 470. The van der Waals surface area contributed by atoms with Gasteiger partial charge in [-0.1, -0.05) is 19.3 Å². The maximum atomic E-state index is 11.6. The van der Waals surface area contributed by atoms with Crippen molar-refractivity contribution < 1.29 is 14.6 Å². The average Bonchev–Trinajstić information content (AvgIpc) is 2.42. The molecule has 6 nitrogen and oxygen atoms in total. The summed E-state index contributed by atoms with van der Waals surface area (Å²) in [6.07, 6.45) is 5.54. The third-order valence-corrected chi connectivity index (χ3v) is 3.71. The van der Waals surface area contributed by atoms with Gasteiger partial charge in [0.1, 0.15) is 17.7 Å². The van der Waals surface area contributed by atoms with Crippen LogP contribution in [0, 0.1) is 6.92 Å². The molecule has 1 aromatic heterocycles. The second kappa shape index (κ2) is 5.42. The molecule has 104 valence electrons. The third-order valence-electron chi connectivity index (χ3n) is 3.71. The molecule has 2 N–H and O–H groups in total. The van der Waals surface area contributed by atoms with E-state index in [9.17, 15) is 9.90 Å². The molecular formula is C13H19N3O3. The SMILES string of the molecule is COc1ncnc(NC2(C(=O)O)CCCCC2)c1C. The minimum Gasteiger partial charge on any atom is -0.481 e. The number of aliphatic carboxylic acids is 1. The Labute approximate surface area is 112 Å². The fourth-order valence-electron chi connectivity index (χ4n) is 2.54. The van der Waals surface area contributed by atoms with Gasteiger partial charge >= 0.3 is 5.97 Å². The molecule has 0 unspecified atom stereocenters. The van der Waals surface area contributed by atoms with Crippen molar-refractivity contribution in [2.75, 3.05) is 12.4 Å². The summed E-state index contributed by atoms with van der Waals surface area (Å²) in [4.78, 5) is 19.7. The topological polar surface area (TPSA) is 84.3 Å². The number of anilines is 1. The molecular weight excluding hydrogens is 246 g/mol. The minimum absolute atomic E-state index is 0.467. The lowest BCUT2D eigenvalue weighted by atomic mass is 9.81. The molecule has 0 spiro atoms. The molecule has 0 aliphatic heterocycles. The van der Waals surface area contributed by atoms with E-state index < -0.39 is 11.5 Å². The number of methoxy groups -OCH3 is 1. The lowest BCUT2D eigenvalue weighted by Gasteiger charge is -2.34. The number of ether oxygens (including phenoxy) is 1. The van der Waals surface area contributed by atoms with Crippen molar-refractivity contribution in [3.05, 3.63) is 11.9 Å². The summed E-state index contributed by atoms with van der Waals surface area (Å²) < 4.78 is 5.13. The zero-order valence-corrected chi connectivity index (χ0v) is 11.3. The van der Waals surface area contributed by atoms with Crippen molar-refractivity contribution in [3.8, 4) is 5.88 Å². The summed E-state index contributed by atoms with van der Waals surface area (Å²) in [5, 5.41) is 12.6. The first kappa shape index (κ1) is 13.6. The van der Waals surface area contributed by atoms with Crippen LogP contribution in [0.25, 0.3) is 0 Å². The van der Waals surface area contributed by atoms with E-state index in [-0.39, 0.29) is 0 Å². The van der Waals surface area contributed by atoms with Gasteiger partial charge in [-0.3, -0.25) is 0 Å². The largest absolute Gasteiger partial charge is 0.481 e. The van der Waals surface area contributed by atoms with Gasteiger partial charge in [-0.2, -0.15) is 0 Å². The maximum Gasteiger partial charge on any atom is 0.329 e. The van der Waals surface area contributed by atoms with Crippen LogP contribution in [-0.4, -0.2) is 33.7 Å². The van der Waals surface area contributed by atoms with Gasteiger partial charge in [-0.25, -0.2) is 14.8 Å². The molecule has 19 heavy (non-hydrogen) atoms. The first-order chi connectivity index (χ1) is 9.09. The lowest BCUT2D eigenvalue weighted by Crippen LogP contribution is -2.48. The predicted octanol–water partition coefficient (Wildman–Crippen LogP) is 1.99. The van der Waals surface area contributed by atoms with E-state index in [0.717, 1.165) is 24.8 Å².